The number of halogens is 3. The van der Waals surface area contributed by atoms with Crippen LogP contribution in [0, 0.1) is 17.5 Å². The number of para-hydroxylation sites is 1. The fourth-order valence-electron chi connectivity index (χ4n) is 1.38. The summed E-state index contributed by atoms with van der Waals surface area (Å²) in [6, 6.07) is 6.56. The van der Waals surface area contributed by atoms with Gasteiger partial charge in [0.2, 0.25) is 0 Å². The topological polar surface area (TPSA) is 26.3 Å². The van der Waals surface area contributed by atoms with E-state index < -0.39 is 17.5 Å². The van der Waals surface area contributed by atoms with Crippen molar-refractivity contribution in [3.63, 3.8) is 0 Å². The van der Waals surface area contributed by atoms with Crippen molar-refractivity contribution in [2.45, 2.75) is 0 Å². The molecule has 2 rings (SSSR count). The molecule has 0 unspecified atom stereocenters. The van der Waals surface area contributed by atoms with Crippen LogP contribution in [-0.2, 0) is 0 Å². The fraction of sp³-hybridized carbons (Fsp3) is 0. The van der Waals surface area contributed by atoms with E-state index >= 15 is 0 Å². The van der Waals surface area contributed by atoms with Gasteiger partial charge in [0.15, 0.2) is 29.5 Å². The van der Waals surface area contributed by atoms with Crippen molar-refractivity contribution < 1.29 is 22.7 Å². The molecule has 0 aliphatic heterocycles. The van der Waals surface area contributed by atoms with Gasteiger partial charge in [-0.1, -0.05) is 6.07 Å². The molecule has 2 aromatic rings. The lowest BCUT2D eigenvalue weighted by Gasteiger charge is -2.08. The molecule has 0 aliphatic carbocycles. The molecule has 0 amide bonds. The van der Waals surface area contributed by atoms with Crippen molar-refractivity contribution in [2.75, 3.05) is 0 Å². The fourth-order valence-corrected chi connectivity index (χ4v) is 1.38. The normalized spacial score (nSPS) is 10.2. The average Bonchev–Trinajstić information content (AvgIpc) is 2.36. The van der Waals surface area contributed by atoms with Crippen LogP contribution >= 0.6 is 0 Å². The molecule has 0 saturated heterocycles. The molecule has 0 saturated carbocycles. The molecular formula is C13H7F3O2. The van der Waals surface area contributed by atoms with Crippen molar-refractivity contribution in [1.82, 2.24) is 0 Å². The molecule has 2 nitrogen and oxygen atoms in total. The monoisotopic (exact) mass is 252 g/mol. The van der Waals surface area contributed by atoms with Crippen LogP contribution < -0.4 is 4.74 Å². The lowest BCUT2D eigenvalue weighted by molar-refractivity contribution is 0.112. The van der Waals surface area contributed by atoms with Gasteiger partial charge < -0.3 is 4.74 Å². The summed E-state index contributed by atoms with van der Waals surface area (Å²) in [6.07, 6.45) is 0.415. The molecule has 0 radical (unpaired) electrons. The summed E-state index contributed by atoms with van der Waals surface area (Å²) in [5.74, 6) is -3.33. The van der Waals surface area contributed by atoms with E-state index in [2.05, 4.69) is 0 Å². The highest BCUT2D eigenvalue weighted by atomic mass is 19.2. The summed E-state index contributed by atoms with van der Waals surface area (Å²) in [5, 5.41) is 0. The summed E-state index contributed by atoms with van der Waals surface area (Å²) >= 11 is 0. The Balaban J connectivity index is 2.39. The van der Waals surface area contributed by atoms with E-state index in [-0.39, 0.29) is 17.1 Å². The van der Waals surface area contributed by atoms with E-state index in [1.165, 1.54) is 12.1 Å². The van der Waals surface area contributed by atoms with E-state index in [0.29, 0.717) is 6.29 Å². The van der Waals surface area contributed by atoms with Gasteiger partial charge in [0.05, 0.1) is 5.56 Å². The minimum Gasteiger partial charge on any atom is -0.453 e. The SMILES string of the molecule is O=Cc1cccc(F)c1Oc1ccc(F)c(F)c1. The standard InChI is InChI=1S/C13H7F3O2/c14-10-5-4-9(6-12(10)16)18-13-8(7-17)2-1-3-11(13)15/h1-7H. The van der Waals surface area contributed by atoms with Crippen molar-refractivity contribution in [3.05, 3.63) is 59.4 Å². The highest BCUT2D eigenvalue weighted by Crippen LogP contribution is 2.28. The Hall–Kier alpha value is -2.30. The van der Waals surface area contributed by atoms with Gasteiger partial charge in [0.1, 0.15) is 5.75 Å². The molecule has 0 heterocycles. The highest BCUT2D eigenvalue weighted by Gasteiger charge is 2.11. The molecular weight excluding hydrogens is 245 g/mol. The van der Waals surface area contributed by atoms with Crippen LogP contribution in [0.25, 0.3) is 0 Å². The van der Waals surface area contributed by atoms with Gasteiger partial charge >= 0.3 is 0 Å². The minimum absolute atomic E-state index is 0.0141. The number of carbonyl (C=O) groups is 1. The zero-order valence-corrected chi connectivity index (χ0v) is 8.99. The quantitative estimate of drug-likeness (QED) is 0.778. The van der Waals surface area contributed by atoms with Crippen LogP contribution in [0.4, 0.5) is 13.2 Å². The maximum absolute atomic E-state index is 13.5. The van der Waals surface area contributed by atoms with Crippen LogP contribution in [0.1, 0.15) is 10.4 Å². The molecule has 0 atom stereocenters. The van der Waals surface area contributed by atoms with Gasteiger partial charge in [0, 0.05) is 6.07 Å². The predicted octanol–water partition coefficient (Wildman–Crippen LogP) is 3.71. The van der Waals surface area contributed by atoms with Gasteiger partial charge in [-0.25, -0.2) is 13.2 Å². The molecule has 0 spiro atoms. The number of hydrogen-bond donors (Lipinski definition) is 0. The van der Waals surface area contributed by atoms with Gasteiger partial charge in [-0.15, -0.1) is 0 Å². The van der Waals surface area contributed by atoms with Crippen LogP contribution in [0.15, 0.2) is 36.4 Å². The van der Waals surface area contributed by atoms with Crippen molar-refractivity contribution >= 4 is 6.29 Å². The van der Waals surface area contributed by atoms with Crippen molar-refractivity contribution in [2.24, 2.45) is 0 Å². The van der Waals surface area contributed by atoms with Crippen molar-refractivity contribution in [3.8, 4) is 11.5 Å². The number of aldehydes is 1. The first-order chi connectivity index (χ1) is 8.61. The molecule has 2 aromatic carbocycles. The second-order valence-corrected chi connectivity index (χ2v) is 3.45. The van der Waals surface area contributed by atoms with Crippen molar-refractivity contribution in [1.29, 1.82) is 0 Å². The Morgan fingerprint density at radius 2 is 1.72 bits per heavy atom. The molecule has 0 aliphatic rings. The third kappa shape index (κ3) is 2.34. The third-order valence-electron chi connectivity index (χ3n) is 2.24. The lowest BCUT2D eigenvalue weighted by Crippen LogP contribution is -1.95. The summed E-state index contributed by atoms with van der Waals surface area (Å²) < 4.78 is 44.2. The largest absolute Gasteiger partial charge is 0.453 e. The van der Waals surface area contributed by atoms with Gasteiger partial charge in [-0.2, -0.15) is 0 Å². The number of rotatable bonds is 3. The molecule has 0 fully saturated rings. The van der Waals surface area contributed by atoms with Crippen LogP contribution in [0.5, 0.6) is 11.5 Å². The first-order valence-electron chi connectivity index (χ1n) is 4.98. The van der Waals surface area contributed by atoms with Gasteiger partial charge in [0.25, 0.3) is 0 Å². The van der Waals surface area contributed by atoms with Crippen LogP contribution in [0.3, 0.4) is 0 Å². The first kappa shape index (κ1) is 12.2. The maximum atomic E-state index is 13.5. The zero-order valence-electron chi connectivity index (χ0n) is 8.99. The number of carbonyl (C=O) groups excluding carboxylic acids is 1. The molecule has 92 valence electrons. The lowest BCUT2D eigenvalue weighted by atomic mass is 10.2. The molecule has 18 heavy (non-hydrogen) atoms. The number of benzene rings is 2. The molecule has 0 bridgehead atoms. The van der Waals surface area contributed by atoms with E-state index in [0.717, 1.165) is 24.3 Å². The summed E-state index contributed by atoms with van der Waals surface area (Å²) in [6.45, 7) is 0. The molecule has 0 aromatic heterocycles. The number of hydrogen-bond acceptors (Lipinski definition) is 2. The molecule has 5 heteroatoms. The van der Waals surface area contributed by atoms with E-state index in [9.17, 15) is 18.0 Å². The Labute approximate surface area is 101 Å². The van der Waals surface area contributed by atoms with Gasteiger partial charge in [-0.05, 0) is 24.3 Å². The maximum Gasteiger partial charge on any atom is 0.173 e. The average molecular weight is 252 g/mol. The second-order valence-electron chi connectivity index (χ2n) is 3.45. The van der Waals surface area contributed by atoms with Crippen LogP contribution in [0.2, 0.25) is 0 Å². The summed E-state index contributed by atoms with van der Waals surface area (Å²) in [7, 11) is 0. The zero-order chi connectivity index (χ0) is 13.1. The highest BCUT2D eigenvalue weighted by molar-refractivity contribution is 5.79. The minimum atomic E-state index is -1.11. The number of ether oxygens (including phenoxy) is 1. The van der Waals surface area contributed by atoms with Gasteiger partial charge in [-0.3, -0.25) is 4.79 Å². The van der Waals surface area contributed by atoms with Crippen LogP contribution in [-0.4, -0.2) is 6.29 Å². The predicted molar refractivity (Wildman–Crippen MR) is 58.2 cm³/mol. The second kappa shape index (κ2) is 4.91. The Morgan fingerprint density at radius 1 is 0.944 bits per heavy atom. The van der Waals surface area contributed by atoms with E-state index in [4.69, 9.17) is 4.74 Å². The Bertz CT molecular complexity index is 597. The smallest absolute Gasteiger partial charge is 0.173 e. The van der Waals surface area contributed by atoms with E-state index in [1.54, 1.807) is 0 Å². The Kier molecular flexibility index (Phi) is 3.32. The van der Waals surface area contributed by atoms with E-state index in [1.807, 2.05) is 0 Å². The third-order valence-corrected chi connectivity index (χ3v) is 2.24. The first-order valence-corrected chi connectivity index (χ1v) is 4.98. The summed E-state index contributed by atoms with van der Waals surface area (Å²) in [5.41, 5.74) is -0.0141. The molecule has 0 N–H and O–H groups in total. The Morgan fingerprint density at radius 3 is 2.39 bits per heavy atom. The summed E-state index contributed by atoms with van der Waals surface area (Å²) in [4.78, 5) is 10.7.